The van der Waals surface area contributed by atoms with E-state index < -0.39 is 0 Å². The zero-order chi connectivity index (χ0) is 30.6. The van der Waals surface area contributed by atoms with Crippen molar-refractivity contribution in [2.75, 3.05) is 32.8 Å². The summed E-state index contributed by atoms with van der Waals surface area (Å²) in [5.74, 6) is 2.86. The second-order valence-corrected chi connectivity index (χ2v) is 12.4. The van der Waals surface area contributed by atoms with Gasteiger partial charge in [-0.1, -0.05) is 39.2 Å². The molecule has 8 nitrogen and oxygen atoms in total. The van der Waals surface area contributed by atoms with Crippen LogP contribution >= 0.6 is 0 Å². The fraction of sp³-hybridized carbons (Fsp3) is 0.629. The zero-order valence-electron chi connectivity index (χ0n) is 26.4. The summed E-state index contributed by atoms with van der Waals surface area (Å²) in [7, 11) is 0. The topological polar surface area (TPSA) is 119 Å². The molecule has 1 unspecified atom stereocenters. The van der Waals surface area contributed by atoms with Crippen molar-refractivity contribution >= 4 is 6.21 Å². The molecule has 43 heavy (non-hydrogen) atoms. The third-order valence-corrected chi connectivity index (χ3v) is 8.90. The highest BCUT2D eigenvalue weighted by Gasteiger charge is 2.39. The number of ether oxygens (including phenoxy) is 2. The van der Waals surface area contributed by atoms with Crippen molar-refractivity contribution in [3.63, 3.8) is 0 Å². The van der Waals surface area contributed by atoms with Crippen LogP contribution < -0.4 is 15.4 Å². The fourth-order valence-electron chi connectivity index (χ4n) is 6.49. The van der Waals surface area contributed by atoms with E-state index in [2.05, 4.69) is 36.6 Å². The van der Waals surface area contributed by atoms with Crippen LogP contribution in [0.3, 0.4) is 0 Å². The van der Waals surface area contributed by atoms with E-state index in [-0.39, 0.29) is 30.6 Å². The van der Waals surface area contributed by atoms with Crippen LogP contribution in [0, 0.1) is 23.9 Å². The molecule has 0 bridgehead atoms. The van der Waals surface area contributed by atoms with Crippen molar-refractivity contribution in [3.8, 4) is 11.5 Å². The molecule has 2 aliphatic heterocycles. The quantitative estimate of drug-likeness (QED) is 0.118. The molecule has 0 spiro atoms. The Morgan fingerprint density at radius 2 is 2.02 bits per heavy atom. The summed E-state index contributed by atoms with van der Waals surface area (Å²) >= 11 is 0. The third-order valence-electron chi connectivity index (χ3n) is 8.90. The van der Waals surface area contributed by atoms with Gasteiger partial charge in [-0.05, 0) is 69.2 Å². The van der Waals surface area contributed by atoms with Crippen LogP contribution in [0.1, 0.15) is 77.7 Å². The number of hydrogen-bond donors (Lipinski definition) is 5. The molecule has 4 atom stereocenters. The first kappa shape index (κ1) is 33.4. The monoisotopic (exact) mass is 596 g/mol. The maximum atomic E-state index is 10.6. The van der Waals surface area contributed by atoms with Crippen molar-refractivity contribution in [2.45, 2.75) is 96.8 Å². The molecule has 1 saturated carbocycles. The fourth-order valence-corrected chi connectivity index (χ4v) is 6.49. The average Bonchev–Trinajstić information content (AvgIpc) is 3.78. The van der Waals surface area contributed by atoms with Gasteiger partial charge in [-0.2, -0.15) is 0 Å². The summed E-state index contributed by atoms with van der Waals surface area (Å²) < 4.78 is 11.1. The molecule has 238 valence electrons. The molecular formula is C35H54N3O5+. The smallest absolute Gasteiger partial charge is 0.196 e. The number of nitrogens with zero attached hydrogens (tertiary/aromatic N) is 1. The Labute approximate surface area is 258 Å². The Balaban J connectivity index is 1.35. The third kappa shape index (κ3) is 9.75. The van der Waals surface area contributed by atoms with Crippen LogP contribution in [-0.2, 0) is 6.42 Å². The second kappa shape index (κ2) is 17.1. The van der Waals surface area contributed by atoms with Gasteiger partial charge in [0.1, 0.15) is 30.9 Å². The van der Waals surface area contributed by atoms with Gasteiger partial charge in [-0.15, -0.1) is 16.6 Å². The predicted molar refractivity (Wildman–Crippen MR) is 173 cm³/mol. The first-order valence-corrected chi connectivity index (χ1v) is 16.5. The van der Waals surface area contributed by atoms with Gasteiger partial charge in [0, 0.05) is 26.1 Å². The molecule has 0 saturated heterocycles. The number of aryl methyl sites for hydroxylation is 1. The lowest BCUT2D eigenvalue weighted by atomic mass is 9.81. The van der Waals surface area contributed by atoms with Gasteiger partial charge in [0.05, 0.1) is 18.1 Å². The Morgan fingerprint density at radius 3 is 2.74 bits per heavy atom. The number of rotatable bonds is 19. The molecule has 6 N–H and O–H groups in total. The number of aliphatic hydroxyl groups excluding tert-OH is 2. The SMILES string of the molecule is CCCCC1[OH+][C-](CCc2ccc(O)c(OC[C@H](NCC)C3=C[C+]([C@H](CNC[C@H](C)O)C4CCCC4)C=N3)c2)C=C1CO. The Morgan fingerprint density at radius 1 is 1.21 bits per heavy atom. The minimum atomic E-state index is -0.363. The molecule has 4 rings (SSSR count). The minimum absolute atomic E-state index is 0.0619. The van der Waals surface area contributed by atoms with E-state index in [1.165, 1.54) is 31.6 Å². The summed E-state index contributed by atoms with van der Waals surface area (Å²) in [4.78, 5) is 4.82. The van der Waals surface area contributed by atoms with Crippen LogP contribution in [0.25, 0.3) is 0 Å². The van der Waals surface area contributed by atoms with Gasteiger partial charge in [-0.25, -0.2) is 0 Å². The summed E-state index contributed by atoms with van der Waals surface area (Å²) in [5, 5.41) is 37.0. The predicted octanol–water partition coefficient (Wildman–Crippen LogP) is 4.55. The number of likely N-dealkylation sites (N-methyl/N-ethyl adjacent to an activating group) is 1. The number of phenolic OH excluding ortho intramolecular Hbond substituents is 1. The number of aromatic hydroxyl groups is 1. The van der Waals surface area contributed by atoms with Crippen LogP contribution in [0.4, 0.5) is 0 Å². The maximum Gasteiger partial charge on any atom is 0.196 e. The van der Waals surface area contributed by atoms with Gasteiger partial charge >= 0.3 is 0 Å². The largest absolute Gasteiger partial charge is 0.504 e. The van der Waals surface area contributed by atoms with Crippen molar-refractivity contribution in [3.05, 3.63) is 59.2 Å². The number of benzene rings is 1. The first-order chi connectivity index (χ1) is 20.9. The molecule has 1 aromatic carbocycles. The van der Waals surface area contributed by atoms with E-state index in [0.29, 0.717) is 30.7 Å². The number of nitrogens with one attached hydrogen (secondary N) is 2. The molecule has 0 aromatic heterocycles. The standard InChI is InChI=1S/C35H53N3O5/c1-4-6-11-34-28(22-39)17-29(43-34)14-12-25-13-15-33(41)35(16-25)42-23-32(37-5-2)31-18-27(20-38-31)30(21-36-19-24(3)40)26-9-7-8-10-26/h13,15-18,20,24,26,30,32,34,36-37,39-40,43H,4-12,14,19,21-23H2,1-3H3/p+1/t24-,30+,32-,34?/m0/s1. The first-order valence-electron chi connectivity index (χ1n) is 16.5. The van der Waals surface area contributed by atoms with Gasteiger partial charge in [-0.3, -0.25) is 5.32 Å². The average molecular weight is 597 g/mol. The molecule has 8 heteroatoms. The molecule has 3 aliphatic rings. The van der Waals surface area contributed by atoms with Crippen LogP contribution in [0.2, 0.25) is 0 Å². The van der Waals surface area contributed by atoms with E-state index in [4.69, 9.17) is 14.5 Å². The van der Waals surface area contributed by atoms with Crippen LogP contribution in [0.5, 0.6) is 11.5 Å². The molecule has 1 fully saturated rings. The van der Waals surface area contributed by atoms with Crippen LogP contribution in [0.15, 0.2) is 46.6 Å². The van der Waals surface area contributed by atoms with Gasteiger partial charge in [0.15, 0.2) is 23.2 Å². The van der Waals surface area contributed by atoms with Crippen molar-refractivity contribution < 1.29 is 24.8 Å². The lowest BCUT2D eigenvalue weighted by Gasteiger charge is -2.22. The molecule has 0 amide bonds. The Bertz CT molecular complexity index is 1080. The number of aliphatic imine (C=N–C) groups is 1. The zero-order valence-corrected chi connectivity index (χ0v) is 26.4. The normalized spacial score (nSPS) is 20.9. The molecule has 0 radical (unpaired) electrons. The molecule has 1 aromatic rings. The summed E-state index contributed by atoms with van der Waals surface area (Å²) in [6.45, 7) is 8.68. The van der Waals surface area contributed by atoms with Gasteiger partial charge in [0.2, 0.25) is 0 Å². The second-order valence-electron chi connectivity index (χ2n) is 12.4. The lowest BCUT2D eigenvalue weighted by molar-refractivity contribution is -0.0550. The van der Waals surface area contributed by atoms with Crippen molar-refractivity contribution in [2.24, 2.45) is 16.8 Å². The van der Waals surface area contributed by atoms with Gasteiger partial charge in [0.25, 0.3) is 0 Å². The summed E-state index contributed by atoms with van der Waals surface area (Å²) in [6, 6.07) is 5.46. The van der Waals surface area contributed by atoms with E-state index in [0.717, 1.165) is 68.1 Å². The molecule has 2 heterocycles. The van der Waals surface area contributed by atoms with E-state index in [9.17, 15) is 15.3 Å². The number of aliphatic hydroxyl groups is 4. The Hall–Kier alpha value is -2.49. The van der Waals surface area contributed by atoms with E-state index in [1.54, 1.807) is 6.07 Å². The highest BCUT2D eigenvalue weighted by atomic mass is 16.5. The number of hydrogen-bond acceptors (Lipinski definition) is 7. The number of phenols is 1. The summed E-state index contributed by atoms with van der Waals surface area (Å²) in [6.07, 6.45) is 16.9. The maximum absolute atomic E-state index is 10.6. The van der Waals surface area contributed by atoms with Gasteiger partial charge < -0.3 is 30.1 Å². The summed E-state index contributed by atoms with van der Waals surface area (Å²) in [5.41, 5.74) is 3.04. The molecular weight excluding hydrogens is 542 g/mol. The number of allylic oxidation sites excluding steroid dienone is 1. The van der Waals surface area contributed by atoms with Crippen molar-refractivity contribution in [1.29, 1.82) is 0 Å². The Kier molecular flexibility index (Phi) is 13.3. The lowest BCUT2D eigenvalue weighted by Crippen LogP contribution is -2.36. The number of unbranched alkanes of at least 4 members (excludes halogenated alkanes) is 1. The van der Waals surface area contributed by atoms with E-state index in [1.807, 2.05) is 25.3 Å². The minimum Gasteiger partial charge on any atom is -0.504 e. The van der Waals surface area contributed by atoms with E-state index >= 15 is 0 Å². The van der Waals surface area contributed by atoms with Crippen molar-refractivity contribution in [1.82, 2.24) is 10.6 Å². The van der Waals surface area contributed by atoms with Crippen LogP contribution in [-0.4, -0.2) is 77.4 Å². The highest BCUT2D eigenvalue weighted by molar-refractivity contribution is 5.83. The molecule has 1 aliphatic carbocycles. The highest BCUT2D eigenvalue weighted by Crippen LogP contribution is 2.38.